The highest BCUT2D eigenvalue weighted by molar-refractivity contribution is 5.67. The lowest BCUT2D eigenvalue weighted by molar-refractivity contribution is 0.0523. The Bertz CT molecular complexity index is 438. The van der Waals surface area contributed by atoms with E-state index in [9.17, 15) is 4.79 Å². The van der Waals surface area contributed by atoms with Crippen LogP contribution in [0.1, 0.15) is 26.3 Å². The first kappa shape index (κ1) is 15.1. The fourth-order valence-electron chi connectivity index (χ4n) is 1.50. The zero-order valence-electron chi connectivity index (χ0n) is 12.1. The molecule has 0 saturated heterocycles. The number of nitrogens with one attached hydrogen (secondary N) is 1. The van der Waals surface area contributed by atoms with E-state index in [4.69, 9.17) is 14.2 Å². The Kier molecular flexibility index (Phi) is 5.03. The van der Waals surface area contributed by atoms with Gasteiger partial charge >= 0.3 is 6.09 Å². The van der Waals surface area contributed by atoms with Gasteiger partial charge in [0.1, 0.15) is 17.1 Å². The number of methoxy groups -OCH3 is 2. The highest BCUT2D eigenvalue weighted by Gasteiger charge is 2.16. The number of rotatable bonds is 4. The van der Waals surface area contributed by atoms with Gasteiger partial charge in [0.15, 0.2) is 0 Å². The van der Waals surface area contributed by atoms with Crippen LogP contribution in [0.3, 0.4) is 0 Å². The van der Waals surface area contributed by atoms with Crippen LogP contribution in [0.5, 0.6) is 11.5 Å². The van der Waals surface area contributed by atoms with Gasteiger partial charge in [-0.05, 0) is 39.0 Å². The summed E-state index contributed by atoms with van der Waals surface area (Å²) >= 11 is 0. The van der Waals surface area contributed by atoms with Gasteiger partial charge in [0.25, 0.3) is 0 Å². The van der Waals surface area contributed by atoms with E-state index in [1.807, 2.05) is 26.8 Å². The van der Waals surface area contributed by atoms with Crippen molar-refractivity contribution >= 4 is 6.09 Å². The second-order valence-electron chi connectivity index (χ2n) is 5.03. The first-order valence-corrected chi connectivity index (χ1v) is 6.03. The van der Waals surface area contributed by atoms with Gasteiger partial charge in [-0.2, -0.15) is 0 Å². The van der Waals surface area contributed by atoms with E-state index in [-0.39, 0.29) is 0 Å². The van der Waals surface area contributed by atoms with E-state index < -0.39 is 11.7 Å². The van der Waals surface area contributed by atoms with Gasteiger partial charge in [-0.3, -0.25) is 0 Å². The van der Waals surface area contributed by atoms with Crippen molar-refractivity contribution in [1.29, 1.82) is 0 Å². The zero-order chi connectivity index (χ0) is 14.5. The number of amides is 1. The van der Waals surface area contributed by atoms with Crippen LogP contribution >= 0.6 is 0 Å². The molecule has 0 unspecified atom stereocenters. The number of hydrogen-bond donors (Lipinski definition) is 1. The van der Waals surface area contributed by atoms with Crippen molar-refractivity contribution in [2.24, 2.45) is 0 Å². The molecule has 5 heteroatoms. The number of benzene rings is 1. The number of alkyl carbamates (subject to hydrolysis) is 1. The predicted octanol–water partition coefficient (Wildman–Crippen LogP) is 2.73. The number of ether oxygens (including phenoxy) is 3. The van der Waals surface area contributed by atoms with E-state index in [1.54, 1.807) is 26.4 Å². The lowest BCUT2D eigenvalue weighted by atomic mass is 10.2. The van der Waals surface area contributed by atoms with Crippen molar-refractivity contribution in [3.05, 3.63) is 23.8 Å². The largest absolute Gasteiger partial charge is 0.497 e. The van der Waals surface area contributed by atoms with E-state index in [0.717, 1.165) is 5.56 Å². The predicted molar refractivity (Wildman–Crippen MR) is 72.6 cm³/mol. The second kappa shape index (κ2) is 6.31. The van der Waals surface area contributed by atoms with Gasteiger partial charge in [-0.25, -0.2) is 4.79 Å². The Morgan fingerprint density at radius 1 is 1.21 bits per heavy atom. The van der Waals surface area contributed by atoms with Crippen LogP contribution in [0.2, 0.25) is 0 Å². The maximum absolute atomic E-state index is 11.6. The minimum absolute atomic E-state index is 0.315. The molecule has 0 aliphatic carbocycles. The van der Waals surface area contributed by atoms with Gasteiger partial charge in [-0.15, -0.1) is 0 Å². The molecule has 0 saturated carbocycles. The minimum atomic E-state index is -0.511. The molecule has 1 aromatic carbocycles. The maximum Gasteiger partial charge on any atom is 0.407 e. The molecule has 106 valence electrons. The molecule has 5 nitrogen and oxygen atoms in total. The number of hydrogen-bond acceptors (Lipinski definition) is 4. The summed E-state index contributed by atoms with van der Waals surface area (Å²) in [6.07, 6.45) is -0.461. The van der Waals surface area contributed by atoms with E-state index in [0.29, 0.717) is 18.0 Å². The van der Waals surface area contributed by atoms with Crippen LogP contribution in [-0.4, -0.2) is 25.9 Å². The summed E-state index contributed by atoms with van der Waals surface area (Å²) < 4.78 is 15.5. The third kappa shape index (κ3) is 5.07. The molecule has 0 heterocycles. The molecule has 0 aromatic heterocycles. The SMILES string of the molecule is COc1ccc(OC)c(CNC(=O)OC(C)(C)C)c1. The van der Waals surface area contributed by atoms with Crippen molar-refractivity contribution in [2.75, 3.05) is 14.2 Å². The van der Waals surface area contributed by atoms with Gasteiger partial charge in [-0.1, -0.05) is 0 Å². The Morgan fingerprint density at radius 3 is 2.42 bits per heavy atom. The lowest BCUT2D eigenvalue weighted by Crippen LogP contribution is -2.32. The van der Waals surface area contributed by atoms with Crippen LogP contribution in [0.25, 0.3) is 0 Å². The molecule has 1 N–H and O–H groups in total. The first-order valence-electron chi connectivity index (χ1n) is 6.03. The third-order valence-corrected chi connectivity index (χ3v) is 2.31. The van der Waals surface area contributed by atoms with Crippen LogP contribution < -0.4 is 14.8 Å². The summed E-state index contributed by atoms with van der Waals surface area (Å²) in [5.41, 5.74) is 0.315. The maximum atomic E-state index is 11.6. The van der Waals surface area contributed by atoms with Crippen molar-refractivity contribution in [1.82, 2.24) is 5.32 Å². The molecule has 0 radical (unpaired) electrons. The molecule has 19 heavy (non-hydrogen) atoms. The van der Waals surface area contributed by atoms with Crippen LogP contribution in [0.4, 0.5) is 4.79 Å². The summed E-state index contributed by atoms with van der Waals surface area (Å²) in [6.45, 7) is 5.77. The van der Waals surface area contributed by atoms with Gasteiger partial charge in [0, 0.05) is 12.1 Å². The Hall–Kier alpha value is -1.91. The summed E-state index contributed by atoms with van der Waals surface area (Å²) in [7, 11) is 3.17. The third-order valence-electron chi connectivity index (χ3n) is 2.31. The topological polar surface area (TPSA) is 56.8 Å². The average Bonchev–Trinajstić information content (AvgIpc) is 2.33. The second-order valence-corrected chi connectivity index (χ2v) is 5.03. The Labute approximate surface area is 113 Å². The molecule has 0 fully saturated rings. The smallest absolute Gasteiger partial charge is 0.407 e. The zero-order valence-corrected chi connectivity index (χ0v) is 12.1. The summed E-state index contributed by atoms with van der Waals surface area (Å²) in [4.78, 5) is 11.6. The molecular formula is C14H21NO4. The fourth-order valence-corrected chi connectivity index (χ4v) is 1.50. The highest BCUT2D eigenvalue weighted by Crippen LogP contribution is 2.23. The molecule has 1 aromatic rings. The van der Waals surface area contributed by atoms with Gasteiger partial charge in [0.05, 0.1) is 14.2 Å². The van der Waals surface area contributed by atoms with Crippen LogP contribution in [0, 0.1) is 0 Å². The lowest BCUT2D eigenvalue weighted by Gasteiger charge is -2.20. The van der Waals surface area contributed by atoms with Crippen LogP contribution in [0.15, 0.2) is 18.2 Å². The Balaban J connectivity index is 2.68. The average molecular weight is 267 g/mol. The molecule has 1 rings (SSSR count). The normalized spacial score (nSPS) is 10.8. The Morgan fingerprint density at radius 2 is 1.89 bits per heavy atom. The van der Waals surface area contributed by atoms with Crippen molar-refractivity contribution in [2.45, 2.75) is 32.9 Å². The minimum Gasteiger partial charge on any atom is -0.497 e. The summed E-state index contributed by atoms with van der Waals surface area (Å²) in [5, 5.41) is 2.68. The number of carbonyl (C=O) groups excluding carboxylic acids is 1. The van der Waals surface area contributed by atoms with Crippen molar-refractivity contribution in [3.8, 4) is 11.5 Å². The molecule has 0 bridgehead atoms. The quantitative estimate of drug-likeness (QED) is 0.911. The monoisotopic (exact) mass is 267 g/mol. The van der Waals surface area contributed by atoms with E-state index >= 15 is 0 Å². The van der Waals surface area contributed by atoms with Crippen molar-refractivity contribution in [3.63, 3.8) is 0 Å². The van der Waals surface area contributed by atoms with Gasteiger partial charge < -0.3 is 19.5 Å². The standard InChI is InChI=1S/C14H21NO4/c1-14(2,3)19-13(16)15-9-10-8-11(17-4)6-7-12(10)18-5/h6-8H,9H2,1-5H3,(H,15,16). The molecule has 0 aliphatic rings. The molecule has 0 atom stereocenters. The van der Waals surface area contributed by atoms with Crippen molar-refractivity contribution < 1.29 is 19.0 Å². The summed E-state index contributed by atoms with van der Waals surface area (Å²) in [5.74, 6) is 1.40. The fraction of sp³-hybridized carbons (Fsp3) is 0.500. The molecular weight excluding hydrogens is 246 g/mol. The molecule has 0 spiro atoms. The molecule has 1 amide bonds. The summed E-state index contributed by atoms with van der Waals surface area (Å²) in [6, 6.07) is 5.41. The van der Waals surface area contributed by atoms with Crippen LogP contribution in [-0.2, 0) is 11.3 Å². The van der Waals surface area contributed by atoms with Gasteiger partial charge in [0.2, 0.25) is 0 Å². The van der Waals surface area contributed by atoms with E-state index in [2.05, 4.69) is 5.32 Å². The first-order chi connectivity index (χ1) is 8.85. The molecule has 0 aliphatic heterocycles. The van der Waals surface area contributed by atoms with E-state index in [1.165, 1.54) is 0 Å². The number of carbonyl (C=O) groups is 1. The highest BCUT2D eigenvalue weighted by atomic mass is 16.6.